The van der Waals surface area contributed by atoms with Crippen molar-refractivity contribution in [2.45, 2.75) is 44.4 Å². The lowest BCUT2D eigenvalue weighted by Gasteiger charge is -2.23. The molecule has 1 fully saturated rings. The van der Waals surface area contributed by atoms with E-state index in [9.17, 15) is 35.9 Å². The molecular formula is C17H21F4NO6S. The van der Waals surface area contributed by atoms with Gasteiger partial charge in [-0.15, -0.1) is 0 Å². The van der Waals surface area contributed by atoms with Gasteiger partial charge in [-0.05, 0) is 31.7 Å². The van der Waals surface area contributed by atoms with Crippen LogP contribution in [-0.4, -0.2) is 50.7 Å². The van der Waals surface area contributed by atoms with Gasteiger partial charge >= 0.3 is 12.1 Å². The van der Waals surface area contributed by atoms with Gasteiger partial charge in [0.1, 0.15) is 6.61 Å². The fourth-order valence-corrected chi connectivity index (χ4v) is 3.79. The average Bonchev–Trinajstić information content (AvgIpc) is 2.60. The molecule has 1 aromatic carbocycles. The minimum atomic E-state index is -4.61. The maximum atomic E-state index is 14.4. The van der Waals surface area contributed by atoms with E-state index < -0.39 is 58.2 Å². The van der Waals surface area contributed by atoms with Gasteiger partial charge in [-0.1, -0.05) is 6.42 Å². The maximum absolute atomic E-state index is 14.4. The molecule has 1 aromatic rings. The number of carbonyl (C=O) groups is 1. The molecular weight excluding hydrogens is 422 g/mol. The van der Waals surface area contributed by atoms with Crippen molar-refractivity contribution in [1.29, 1.82) is 0 Å². The van der Waals surface area contributed by atoms with Crippen molar-refractivity contribution in [2.75, 3.05) is 23.7 Å². The molecule has 0 heterocycles. The van der Waals surface area contributed by atoms with Crippen LogP contribution in [0.5, 0.6) is 5.75 Å². The quantitative estimate of drug-likeness (QED) is 0.447. The summed E-state index contributed by atoms with van der Waals surface area (Å²) in [6.07, 6.45) is -0.601. The number of benzene rings is 1. The molecule has 0 bridgehead atoms. The zero-order valence-corrected chi connectivity index (χ0v) is 16.1. The van der Waals surface area contributed by atoms with Crippen LogP contribution in [0.1, 0.15) is 42.5 Å². The van der Waals surface area contributed by atoms with E-state index in [4.69, 9.17) is 4.74 Å². The Morgan fingerprint density at radius 2 is 1.86 bits per heavy atom. The zero-order chi connectivity index (χ0) is 21.7. The Bertz CT molecular complexity index is 822. The summed E-state index contributed by atoms with van der Waals surface area (Å²) in [6, 6.07) is 1.57. The second-order valence-corrected chi connectivity index (χ2v) is 8.44. The van der Waals surface area contributed by atoms with Crippen molar-refractivity contribution in [3.8, 4) is 5.75 Å². The highest BCUT2D eigenvalue weighted by Crippen LogP contribution is 2.30. The van der Waals surface area contributed by atoms with Crippen LogP contribution in [0.25, 0.3) is 0 Å². The lowest BCUT2D eigenvalue weighted by Crippen LogP contribution is -2.25. The number of rotatable bonds is 9. The summed E-state index contributed by atoms with van der Waals surface area (Å²) in [5.74, 6) is -3.65. The summed E-state index contributed by atoms with van der Waals surface area (Å²) in [5, 5.41) is 9.32. The highest BCUT2D eigenvalue weighted by molar-refractivity contribution is 7.92. The molecule has 1 aliphatic carbocycles. The molecule has 0 aliphatic heterocycles. The van der Waals surface area contributed by atoms with Gasteiger partial charge in [-0.2, -0.15) is 13.2 Å². The third-order valence-electron chi connectivity index (χ3n) is 4.18. The van der Waals surface area contributed by atoms with Gasteiger partial charge in [-0.3, -0.25) is 4.72 Å². The smallest absolute Gasteiger partial charge is 0.411 e. The Kier molecular flexibility index (Phi) is 7.69. The first-order valence-electron chi connectivity index (χ1n) is 8.85. The summed E-state index contributed by atoms with van der Waals surface area (Å²) in [6.45, 7) is -2.40. The number of nitrogens with one attached hydrogen (secondary N) is 1. The van der Waals surface area contributed by atoms with Gasteiger partial charge in [0.25, 0.3) is 0 Å². The van der Waals surface area contributed by atoms with Crippen LogP contribution in [-0.2, 0) is 14.8 Å². The predicted molar refractivity (Wildman–Crippen MR) is 95.1 cm³/mol. The van der Waals surface area contributed by atoms with Crippen molar-refractivity contribution < 1.29 is 45.4 Å². The van der Waals surface area contributed by atoms with Crippen molar-refractivity contribution in [3.05, 3.63) is 23.5 Å². The van der Waals surface area contributed by atoms with Gasteiger partial charge in [0, 0.05) is 6.07 Å². The molecule has 0 unspecified atom stereocenters. The number of anilines is 1. The number of aromatic carboxylic acids is 1. The number of hydrogen-bond acceptors (Lipinski definition) is 5. The van der Waals surface area contributed by atoms with Crippen molar-refractivity contribution in [1.82, 2.24) is 0 Å². The third kappa shape index (κ3) is 7.69. The predicted octanol–water partition coefficient (Wildman–Crippen LogP) is 3.56. The van der Waals surface area contributed by atoms with E-state index in [1.165, 1.54) is 0 Å². The van der Waals surface area contributed by atoms with E-state index in [0.29, 0.717) is 18.9 Å². The summed E-state index contributed by atoms with van der Waals surface area (Å²) in [7, 11) is -4.28. The summed E-state index contributed by atoms with van der Waals surface area (Å²) in [5.41, 5.74) is -1.10. The van der Waals surface area contributed by atoms with E-state index in [-0.39, 0.29) is 11.9 Å². The highest BCUT2D eigenvalue weighted by atomic mass is 32.2. The van der Waals surface area contributed by atoms with Crippen LogP contribution >= 0.6 is 0 Å². The van der Waals surface area contributed by atoms with Gasteiger partial charge < -0.3 is 14.6 Å². The van der Waals surface area contributed by atoms with Crippen molar-refractivity contribution >= 4 is 21.7 Å². The van der Waals surface area contributed by atoms with Crippen molar-refractivity contribution in [2.24, 2.45) is 0 Å². The normalized spacial score (nSPS) is 15.9. The Hall–Kier alpha value is -2.08. The molecule has 2 N–H and O–H groups in total. The Labute approximate surface area is 165 Å². The van der Waals surface area contributed by atoms with E-state index in [1.807, 2.05) is 4.72 Å². The molecule has 0 aromatic heterocycles. The standard InChI is InChI=1S/C17H21F4NO6S/c18-13-9-14(22-29(25,26)7-6-27-10-17(19,20)21)12(16(23)24)8-15(13)28-11-4-2-1-3-5-11/h8-9,11,22H,1-7,10H2,(H,23,24). The van der Waals surface area contributed by atoms with Crippen LogP contribution < -0.4 is 9.46 Å². The van der Waals surface area contributed by atoms with E-state index in [2.05, 4.69) is 4.74 Å². The fraction of sp³-hybridized carbons (Fsp3) is 0.588. The van der Waals surface area contributed by atoms with E-state index in [1.54, 1.807) is 0 Å². The number of sulfonamides is 1. The molecule has 0 spiro atoms. The molecule has 29 heavy (non-hydrogen) atoms. The van der Waals surface area contributed by atoms with E-state index in [0.717, 1.165) is 25.3 Å². The number of carboxylic acids is 1. The first-order chi connectivity index (χ1) is 13.5. The monoisotopic (exact) mass is 443 g/mol. The topological polar surface area (TPSA) is 102 Å². The number of alkyl halides is 3. The number of ether oxygens (including phenoxy) is 2. The SMILES string of the molecule is O=C(O)c1cc(OC2CCCCC2)c(F)cc1NS(=O)(=O)CCOCC(F)(F)F. The van der Waals surface area contributed by atoms with Crippen molar-refractivity contribution in [3.63, 3.8) is 0 Å². The van der Waals surface area contributed by atoms with Crippen LogP contribution in [0, 0.1) is 5.82 Å². The molecule has 0 saturated heterocycles. The summed E-state index contributed by atoms with van der Waals surface area (Å²) >= 11 is 0. The number of carboxylic acid groups (broad SMARTS) is 1. The van der Waals surface area contributed by atoms with Gasteiger partial charge in [0.05, 0.1) is 29.7 Å². The molecule has 1 saturated carbocycles. The minimum absolute atomic E-state index is 0.256. The molecule has 0 atom stereocenters. The number of halogens is 4. The molecule has 2 rings (SSSR count). The lowest BCUT2D eigenvalue weighted by atomic mass is 9.98. The molecule has 12 heteroatoms. The second kappa shape index (κ2) is 9.61. The van der Waals surface area contributed by atoms with Crippen LogP contribution in [0.3, 0.4) is 0 Å². The van der Waals surface area contributed by atoms with Crippen LogP contribution in [0.15, 0.2) is 12.1 Å². The second-order valence-electron chi connectivity index (χ2n) is 6.60. The maximum Gasteiger partial charge on any atom is 0.411 e. The molecule has 0 amide bonds. The summed E-state index contributed by atoms with van der Waals surface area (Å²) < 4.78 is 86.0. The largest absolute Gasteiger partial charge is 0.487 e. The van der Waals surface area contributed by atoms with Gasteiger partial charge in [0.2, 0.25) is 10.0 Å². The van der Waals surface area contributed by atoms with E-state index >= 15 is 0 Å². The van der Waals surface area contributed by atoms with Gasteiger partial charge in [-0.25, -0.2) is 17.6 Å². The Balaban J connectivity index is 2.10. The highest BCUT2D eigenvalue weighted by Gasteiger charge is 2.28. The Morgan fingerprint density at radius 3 is 2.45 bits per heavy atom. The average molecular weight is 443 g/mol. The minimum Gasteiger partial charge on any atom is -0.487 e. The molecule has 1 aliphatic rings. The molecule has 164 valence electrons. The zero-order valence-electron chi connectivity index (χ0n) is 15.3. The van der Waals surface area contributed by atoms with Crippen LogP contribution in [0.2, 0.25) is 0 Å². The first kappa shape index (κ1) is 23.2. The lowest BCUT2D eigenvalue weighted by molar-refractivity contribution is -0.172. The Morgan fingerprint density at radius 1 is 1.21 bits per heavy atom. The molecule has 7 nitrogen and oxygen atoms in total. The van der Waals surface area contributed by atoms with Gasteiger partial charge in [0.15, 0.2) is 11.6 Å². The van der Waals surface area contributed by atoms with Crippen LogP contribution in [0.4, 0.5) is 23.2 Å². The fourth-order valence-electron chi connectivity index (χ4n) is 2.84. The first-order valence-corrected chi connectivity index (χ1v) is 10.5. The molecule has 0 radical (unpaired) electrons. The summed E-state index contributed by atoms with van der Waals surface area (Å²) in [4.78, 5) is 11.5. The third-order valence-corrected chi connectivity index (χ3v) is 5.41. The number of hydrogen-bond donors (Lipinski definition) is 2.